The molecule has 4 atom stereocenters. The number of ketones is 1. The molecule has 2 rings (SSSR count). The Morgan fingerprint density at radius 1 is 1.53 bits per heavy atom. The first-order valence-electron chi connectivity index (χ1n) is 6.08. The first-order valence-corrected chi connectivity index (χ1v) is 6.60. The van der Waals surface area contributed by atoms with Crippen molar-refractivity contribution in [1.82, 2.24) is 4.98 Å². The SMILES string of the molecule is CC(=O)C1C(C)=N[C@@H](S)[C@@H](C#N)[C@@H]1c1cccnc1. The van der Waals surface area contributed by atoms with Gasteiger partial charge in [-0.05, 0) is 25.5 Å². The van der Waals surface area contributed by atoms with Crippen molar-refractivity contribution < 1.29 is 4.79 Å². The highest BCUT2D eigenvalue weighted by atomic mass is 32.1. The third-order valence-electron chi connectivity index (χ3n) is 3.51. The number of hydrogen-bond acceptors (Lipinski definition) is 5. The largest absolute Gasteiger partial charge is 0.299 e. The lowest BCUT2D eigenvalue weighted by Crippen LogP contribution is -2.39. The predicted octanol–water partition coefficient (Wildman–Crippen LogP) is 2.24. The zero-order valence-electron chi connectivity index (χ0n) is 10.8. The molecule has 0 saturated carbocycles. The Balaban J connectivity index is 2.54. The first kappa shape index (κ1) is 13.8. The van der Waals surface area contributed by atoms with E-state index in [0.29, 0.717) is 0 Å². The van der Waals surface area contributed by atoms with E-state index in [1.165, 1.54) is 0 Å². The van der Waals surface area contributed by atoms with Crippen LogP contribution in [-0.2, 0) is 4.79 Å². The number of carbonyl (C=O) groups excluding carboxylic acids is 1. The van der Waals surface area contributed by atoms with Crippen LogP contribution >= 0.6 is 12.6 Å². The van der Waals surface area contributed by atoms with Crippen LogP contribution in [0.1, 0.15) is 25.3 Å². The minimum absolute atomic E-state index is 0.0237. The molecule has 1 aromatic heterocycles. The molecule has 19 heavy (non-hydrogen) atoms. The molecule has 4 nitrogen and oxygen atoms in total. The molecule has 98 valence electrons. The average molecular weight is 273 g/mol. The number of thiol groups is 1. The van der Waals surface area contributed by atoms with Crippen molar-refractivity contribution in [3.63, 3.8) is 0 Å². The van der Waals surface area contributed by atoms with Gasteiger partial charge in [-0.25, -0.2) is 0 Å². The summed E-state index contributed by atoms with van der Waals surface area (Å²) < 4.78 is 0. The molecule has 0 bridgehead atoms. The highest BCUT2D eigenvalue weighted by Gasteiger charge is 2.42. The smallest absolute Gasteiger partial charge is 0.139 e. The van der Waals surface area contributed by atoms with Crippen molar-refractivity contribution in [3.05, 3.63) is 30.1 Å². The number of Topliss-reactive ketones (excluding diaryl/α,β-unsaturated/α-hetero) is 1. The second-order valence-electron chi connectivity index (χ2n) is 4.74. The number of pyridine rings is 1. The van der Waals surface area contributed by atoms with Gasteiger partial charge in [0.1, 0.15) is 11.2 Å². The fourth-order valence-electron chi connectivity index (χ4n) is 2.69. The van der Waals surface area contributed by atoms with Crippen LogP contribution in [0.3, 0.4) is 0 Å². The lowest BCUT2D eigenvalue weighted by atomic mass is 9.72. The molecule has 1 aromatic rings. The number of nitrogens with zero attached hydrogens (tertiary/aromatic N) is 3. The zero-order chi connectivity index (χ0) is 14.0. The van der Waals surface area contributed by atoms with Crippen LogP contribution in [0.15, 0.2) is 29.5 Å². The van der Waals surface area contributed by atoms with Gasteiger partial charge in [0.15, 0.2) is 0 Å². The second-order valence-corrected chi connectivity index (χ2v) is 5.27. The normalized spacial score (nSPS) is 30.3. The fraction of sp³-hybridized carbons (Fsp3) is 0.429. The maximum Gasteiger partial charge on any atom is 0.139 e. The molecule has 0 fully saturated rings. The van der Waals surface area contributed by atoms with Gasteiger partial charge in [0.05, 0.1) is 17.9 Å². The van der Waals surface area contributed by atoms with Gasteiger partial charge in [-0.2, -0.15) is 17.9 Å². The lowest BCUT2D eigenvalue weighted by molar-refractivity contribution is -0.119. The number of aromatic nitrogens is 1. The van der Waals surface area contributed by atoms with Gasteiger partial charge in [0.2, 0.25) is 0 Å². The van der Waals surface area contributed by atoms with Gasteiger partial charge in [0, 0.05) is 24.0 Å². The molecule has 0 radical (unpaired) electrons. The molecular formula is C14H15N3OS. The number of rotatable bonds is 2. The molecular weight excluding hydrogens is 258 g/mol. The van der Waals surface area contributed by atoms with Gasteiger partial charge >= 0.3 is 0 Å². The van der Waals surface area contributed by atoms with Crippen molar-refractivity contribution in [2.75, 3.05) is 0 Å². The van der Waals surface area contributed by atoms with Gasteiger partial charge in [-0.3, -0.25) is 14.8 Å². The highest BCUT2D eigenvalue weighted by Crippen LogP contribution is 2.40. The van der Waals surface area contributed by atoms with Crippen LogP contribution in [0, 0.1) is 23.2 Å². The molecule has 0 aliphatic carbocycles. The van der Waals surface area contributed by atoms with Crippen molar-refractivity contribution >= 4 is 24.1 Å². The zero-order valence-corrected chi connectivity index (χ0v) is 11.7. The van der Waals surface area contributed by atoms with E-state index in [1.807, 2.05) is 19.1 Å². The van der Waals surface area contributed by atoms with Crippen LogP contribution < -0.4 is 0 Å². The Labute approximate surface area is 118 Å². The second kappa shape index (κ2) is 5.54. The monoisotopic (exact) mass is 273 g/mol. The van der Waals surface area contributed by atoms with E-state index >= 15 is 0 Å². The predicted molar refractivity (Wildman–Crippen MR) is 76.1 cm³/mol. The summed E-state index contributed by atoms with van der Waals surface area (Å²) in [5.74, 6) is -0.992. The third kappa shape index (κ3) is 2.54. The number of hydrogen-bond donors (Lipinski definition) is 1. The molecule has 1 aliphatic rings. The van der Waals surface area contributed by atoms with Gasteiger partial charge < -0.3 is 0 Å². The summed E-state index contributed by atoms with van der Waals surface area (Å²) in [6.07, 6.45) is 3.39. The van der Waals surface area contributed by atoms with Crippen LogP contribution in [0.5, 0.6) is 0 Å². The highest BCUT2D eigenvalue weighted by molar-refractivity contribution is 7.81. The van der Waals surface area contributed by atoms with Crippen molar-refractivity contribution in [3.8, 4) is 6.07 Å². The van der Waals surface area contributed by atoms with E-state index in [9.17, 15) is 10.1 Å². The molecule has 1 aliphatic heterocycles. The Kier molecular flexibility index (Phi) is 4.01. The summed E-state index contributed by atoms with van der Waals surface area (Å²) in [6.45, 7) is 3.37. The van der Waals surface area contributed by atoms with E-state index in [2.05, 4.69) is 28.7 Å². The average Bonchev–Trinajstić information content (AvgIpc) is 2.38. The molecule has 1 unspecified atom stereocenters. The minimum Gasteiger partial charge on any atom is -0.299 e. The molecule has 0 aromatic carbocycles. The van der Waals surface area contributed by atoms with Crippen molar-refractivity contribution in [2.24, 2.45) is 16.8 Å². The van der Waals surface area contributed by atoms with Gasteiger partial charge in [0.25, 0.3) is 0 Å². The summed E-state index contributed by atoms with van der Waals surface area (Å²) >= 11 is 4.37. The Morgan fingerprint density at radius 3 is 2.79 bits per heavy atom. The number of nitriles is 1. The van der Waals surface area contributed by atoms with E-state index in [0.717, 1.165) is 11.3 Å². The number of carbonyl (C=O) groups is 1. The van der Waals surface area contributed by atoms with E-state index < -0.39 is 11.3 Å². The van der Waals surface area contributed by atoms with Crippen LogP contribution in [0.2, 0.25) is 0 Å². The quantitative estimate of drug-likeness (QED) is 0.840. The molecule has 0 saturated heterocycles. The van der Waals surface area contributed by atoms with E-state index in [-0.39, 0.29) is 17.6 Å². The number of aliphatic imine (C=N–C) groups is 1. The van der Waals surface area contributed by atoms with Gasteiger partial charge in [-0.1, -0.05) is 6.07 Å². The maximum atomic E-state index is 11.9. The standard InChI is InChI=1S/C14H15N3OS/c1-8-12(9(2)18)13(10-4-3-5-16-7-10)11(6-15)14(19)17-8/h3-5,7,11-14,19H,1-2H3/t11-,12?,13-,14-/m0/s1. The molecule has 0 amide bonds. The molecule has 0 N–H and O–H groups in total. The van der Waals surface area contributed by atoms with Crippen molar-refractivity contribution in [1.29, 1.82) is 5.26 Å². The minimum atomic E-state index is -0.426. The Morgan fingerprint density at radius 2 is 2.26 bits per heavy atom. The van der Waals surface area contributed by atoms with E-state index in [1.54, 1.807) is 19.3 Å². The first-order chi connectivity index (χ1) is 9.06. The summed E-state index contributed by atoms with van der Waals surface area (Å²) in [5.41, 5.74) is 1.63. The van der Waals surface area contributed by atoms with Crippen LogP contribution in [-0.4, -0.2) is 21.9 Å². The molecule has 5 heteroatoms. The summed E-state index contributed by atoms with van der Waals surface area (Å²) in [5, 5.41) is 8.98. The topological polar surface area (TPSA) is 66.1 Å². The van der Waals surface area contributed by atoms with Crippen LogP contribution in [0.25, 0.3) is 0 Å². The van der Waals surface area contributed by atoms with Gasteiger partial charge in [-0.15, -0.1) is 0 Å². The maximum absolute atomic E-state index is 11.9. The Hall–Kier alpha value is -1.67. The van der Waals surface area contributed by atoms with E-state index in [4.69, 9.17) is 0 Å². The summed E-state index contributed by atoms with van der Waals surface area (Å²) in [7, 11) is 0. The molecule has 2 heterocycles. The third-order valence-corrected chi connectivity index (χ3v) is 3.95. The summed E-state index contributed by atoms with van der Waals surface area (Å²) in [4.78, 5) is 20.3. The van der Waals surface area contributed by atoms with Crippen LogP contribution in [0.4, 0.5) is 0 Å². The van der Waals surface area contributed by atoms with Crippen molar-refractivity contribution in [2.45, 2.75) is 25.1 Å². The Bertz CT molecular complexity index is 550. The fourth-order valence-corrected chi connectivity index (χ4v) is 3.12. The summed E-state index contributed by atoms with van der Waals surface area (Å²) in [6, 6.07) is 5.96. The lowest BCUT2D eigenvalue weighted by Gasteiger charge is -2.35. The molecule has 0 spiro atoms.